The minimum atomic E-state index is 0.121. The van der Waals surface area contributed by atoms with Crippen molar-refractivity contribution in [2.24, 2.45) is 0 Å². The Hall–Kier alpha value is -1.46. The van der Waals surface area contributed by atoms with Gasteiger partial charge in [-0.15, -0.1) is 11.3 Å². The number of hydrogen-bond acceptors (Lipinski definition) is 4. The Morgan fingerprint density at radius 1 is 1.37 bits per heavy atom. The van der Waals surface area contributed by atoms with Gasteiger partial charge in [-0.05, 0) is 32.0 Å². The molecule has 1 saturated heterocycles. The van der Waals surface area contributed by atoms with Crippen LogP contribution in [0.1, 0.15) is 24.2 Å². The molecule has 1 amide bonds. The van der Waals surface area contributed by atoms with Crippen LogP contribution < -0.4 is 5.32 Å². The summed E-state index contributed by atoms with van der Waals surface area (Å²) in [5.74, 6) is 0.121. The number of benzene rings is 1. The average molecular weight is 275 g/mol. The Kier molecular flexibility index (Phi) is 3.24. The van der Waals surface area contributed by atoms with Crippen molar-refractivity contribution in [3.05, 3.63) is 29.3 Å². The van der Waals surface area contributed by atoms with Crippen molar-refractivity contribution < 1.29 is 4.79 Å². The average Bonchev–Trinajstić information content (AvgIpc) is 2.83. The first kappa shape index (κ1) is 12.6. The lowest BCUT2D eigenvalue weighted by Gasteiger charge is -2.36. The van der Waals surface area contributed by atoms with Gasteiger partial charge >= 0.3 is 0 Å². The highest BCUT2D eigenvalue weighted by molar-refractivity contribution is 7.16. The fourth-order valence-electron chi connectivity index (χ4n) is 2.66. The molecule has 0 unspecified atom stereocenters. The summed E-state index contributed by atoms with van der Waals surface area (Å²) in [6, 6.07) is 6.45. The molecule has 0 bridgehead atoms. The molecule has 1 aromatic carbocycles. The quantitative estimate of drug-likeness (QED) is 0.867. The van der Waals surface area contributed by atoms with Gasteiger partial charge in [0, 0.05) is 30.7 Å². The number of thiazole rings is 1. The number of amides is 1. The highest BCUT2D eigenvalue weighted by Crippen LogP contribution is 2.20. The summed E-state index contributed by atoms with van der Waals surface area (Å²) in [6.45, 7) is 5.76. The molecule has 1 N–H and O–H groups in total. The van der Waals surface area contributed by atoms with Gasteiger partial charge in [-0.2, -0.15) is 0 Å². The summed E-state index contributed by atoms with van der Waals surface area (Å²) < 4.78 is 1.07. The third-order valence-electron chi connectivity index (χ3n) is 3.42. The number of hydrogen-bond donors (Lipinski definition) is 1. The van der Waals surface area contributed by atoms with Gasteiger partial charge < -0.3 is 10.2 Å². The van der Waals surface area contributed by atoms with E-state index in [9.17, 15) is 4.79 Å². The molecule has 5 heteroatoms. The van der Waals surface area contributed by atoms with Crippen molar-refractivity contribution in [3.8, 4) is 0 Å². The fourth-order valence-corrected chi connectivity index (χ4v) is 3.38. The highest BCUT2D eigenvalue weighted by atomic mass is 32.1. The SMILES string of the molecule is C[C@@H]1CN(C(=O)c2ccc3ncsc3c2)C[C@H](C)N1. The summed E-state index contributed by atoms with van der Waals surface area (Å²) in [5.41, 5.74) is 3.54. The van der Waals surface area contributed by atoms with E-state index in [2.05, 4.69) is 24.1 Å². The van der Waals surface area contributed by atoms with Crippen LogP contribution in [-0.4, -0.2) is 41.0 Å². The predicted octanol–water partition coefficient (Wildman–Crippen LogP) is 2.12. The lowest BCUT2D eigenvalue weighted by atomic mass is 10.1. The van der Waals surface area contributed by atoms with E-state index in [1.165, 1.54) is 0 Å². The van der Waals surface area contributed by atoms with Crippen molar-refractivity contribution in [3.63, 3.8) is 0 Å². The van der Waals surface area contributed by atoms with Gasteiger partial charge in [0.25, 0.3) is 5.91 Å². The molecule has 1 fully saturated rings. The smallest absolute Gasteiger partial charge is 0.254 e. The van der Waals surface area contributed by atoms with E-state index >= 15 is 0 Å². The van der Waals surface area contributed by atoms with Gasteiger partial charge in [0.2, 0.25) is 0 Å². The van der Waals surface area contributed by atoms with Crippen molar-refractivity contribution in [1.82, 2.24) is 15.2 Å². The maximum absolute atomic E-state index is 12.5. The van der Waals surface area contributed by atoms with Crippen LogP contribution >= 0.6 is 11.3 Å². The second kappa shape index (κ2) is 4.90. The Morgan fingerprint density at radius 3 is 2.84 bits per heavy atom. The van der Waals surface area contributed by atoms with E-state index in [0.29, 0.717) is 12.1 Å². The molecule has 100 valence electrons. The summed E-state index contributed by atoms with van der Waals surface area (Å²) in [6.07, 6.45) is 0. The summed E-state index contributed by atoms with van der Waals surface area (Å²) in [7, 11) is 0. The number of piperazine rings is 1. The molecule has 3 rings (SSSR count). The van der Waals surface area contributed by atoms with Crippen LogP contribution in [0.25, 0.3) is 10.2 Å². The van der Waals surface area contributed by atoms with Gasteiger partial charge in [-0.1, -0.05) is 0 Å². The largest absolute Gasteiger partial charge is 0.336 e. The molecule has 2 heterocycles. The molecule has 0 aliphatic carbocycles. The monoisotopic (exact) mass is 275 g/mol. The van der Waals surface area contributed by atoms with E-state index < -0.39 is 0 Å². The molecule has 0 radical (unpaired) electrons. The highest BCUT2D eigenvalue weighted by Gasteiger charge is 2.25. The van der Waals surface area contributed by atoms with E-state index in [-0.39, 0.29) is 5.91 Å². The molecule has 2 atom stereocenters. The second-order valence-corrected chi connectivity index (χ2v) is 6.10. The number of aromatic nitrogens is 1. The number of nitrogens with zero attached hydrogens (tertiary/aromatic N) is 2. The van der Waals surface area contributed by atoms with Crippen LogP contribution in [0.5, 0.6) is 0 Å². The predicted molar refractivity (Wildman–Crippen MR) is 77.6 cm³/mol. The van der Waals surface area contributed by atoms with Crippen LogP contribution in [0.15, 0.2) is 23.7 Å². The topological polar surface area (TPSA) is 45.2 Å². The Bertz CT molecular complexity index is 600. The van der Waals surface area contributed by atoms with Crippen LogP contribution in [-0.2, 0) is 0 Å². The number of nitrogens with one attached hydrogen (secondary N) is 1. The third kappa shape index (κ3) is 2.48. The Morgan fingerprint density at radius 2 is 2.11 bits per heavy atom. The maximum atomic E-state index is 12.5. The molecule has 19 heavy (non-hydrogen) atoms. The molecular formula is C14H17N3OS. The third-order valence-corrected chi connectivity index (χ3v) is 4.21. The summed E-state index contributed by atoms with van der Waals surface area (Å²) in [4.78, 5) is 18.7. The summed E-state index contributed by atoms with van der Waals surface area (Å²) >= 11 is 1.57. The molecule has 4 nitrogen and oxygen atoms in total. The maximum Gasteiger partial charge on any atom is 0.254 e. The van der Waals surface area contributed by atoms with E-state index in [1.54, 1.807) is 11.3 Å². The standard InChI is InChI=1S/C14H17N3OS/c1-9-6-17(7-10(2)16-9)14(18)11-3-4-12-13(5-11)19-8-15-12/h3-5,8-10,16H,6-7H2,1-2H3/t9-,10+. The van der Waals surface area contributed by atoms with Crippen LogP contribution in [0, 0.1) is 0 Å². The van der Waals surface area contributed by atoms with Crippen molar-refractivity contribution in [1.29, 1.82) is 0 Å². The minimum absolute atomic E-state index is 0.121. The molecule has 2 aromatic rings. The lowest BCUT2D eigenvalue weighted by molar-refractivity contribution is 0.0674. The van der Waals surface area contributed by atoms with Crippen molar-refractivity contribution >= 4 is 27.5 Å². The molecular weight excluding hydrogens is 258 g/mol. The van der Waals surface area contributed by atoms with E-state index in [0.717, 1.165) is 28.9 Å². The number of rotatable bonds is 1. The molecule has 1 aromatic heterocycles. The molecule has 0 saturated carbocycles. The van der Waals surface area contributed by atoms with Gasteiger partial charge in [0.1, 0.15) is 0 Å². The van der Waals surface area contributed by atoms with Gasteiger partial charge in [-0.25, -0.2) is 4.98 Å². The normalized spacial score (nSPS) is 23.8. The molecule has 1 aliphatic rings. The van der Waals surface area contributed by atoms with Crippen LogP contribution in [0.4, 0.5) is 0 Å². The van der Waals surface area contributed by atoms with Gasteiger partial charge in [0.15, 0.2) is 0 Å². The lowest BCUT2D eigenvalue weighted by Crippen LogP contribution is -2.55. The van der Waals surface area contributed by atoms with Crippen molar-refractivity contribution in [2.45, 2.75) is 25.9 Å². The number of fused-ring (bicyclic) bond motifs is 1. The Balaban J connectivity index is 1.86. The molecule has 1 aliphatic heterocycles. The summed E-state index contributed by atoms with van der Waals surface area (Å²) in [5, 5.41) is 3.44. The first-order chi connectivity index (χ1) is 9.13. The van der Waals surface area contributed by atoms with E-state index in [4.69, 9.17) is 0 Å². The minimum Gasteiger partial charge on any atom is -0.336 e. The first-order valence-electron chi connectivity index (χ1n) is 6.52. The zero-order chi connectivity index (χ0) is 13.4. The van der Waals surface area contributed by atoms with Crippen LogP contribution in [0.3, 0.4) is 0 Å². The molecule has 0 spiro atoms. The van der Waals surface area contributed by atoms with Gasteiger partial charge in [0.05, 0.1) is 15.7 Å². The number of carbonyl (C=O) groups excluding carboxylic acids is 1. The Labute approximate surface area is 116 Å². The van der Waals surface area contributed by atoms with Gasteiger partial charge in [-0.3, -0.25) is 4.79 Å². The zero-order valence-corrected chi connectivity index (χ0v) is 11.9. The van der Waals surface area contributed by atoms with Crippen molar-refractivity contribution in [2.75, 3.05) is 13.1 Å². The second-order valence-electron chi connectivity index (χ2n) is 5.21. The van der Waals surface area contributed by atoms with E-state index in [1.807, 2.05) is 28.6 Å². The fraction of sp³-hybridized carbons (Fsp3) is 0.429. The van der Waals surface area contributed by atoms with Crippen LogP contribution in [0.2, 0.25) is 0 Å². The zero-order valence-electron chi connectivity index (χ0n) is 11.1. The number of carbonyl (C=O) groups is 1. The first-order valence-corrected chi connectivity index (χ1v) is 7.40.